The topological polar surface area (TPSA) is 0 Å². The Labute approximate surface area is 223 Å². The fraction of sp³-hybridized carbons (Fsp3) is 0.111. The van der Waals surface area contributed by atoms with Crippen LogP contribution >= 0.6 is 11.3 Å². The molecular formula is C36H30S. The third-order valence-electron chi connectivity index (χ3n) is 7.06. The molecule has 0 spiro atoms. The molecule has 0 aliphatic heterocycles. The molecule has 0 atom stereocenters. The Morgan fingerprint density at radius 1 is 0.432 bits per heavy atom. The van der Waals surface area contributed by atoms with Crippen LogP contribution in [-0.4, -0.2) is 0 Å². The Morgan fingerprint density at radius 3 is 1.57 bits per heavy atom. The second-order valence-electron chi connectivity index (χ2n) is 10.6. The fourth-order valence-corrected chi connectivity index (χ4v) is 6.57. The van der Waals surface area contributed by atoms with Gasteiger partial charge in [-0.05, 0) is 38.8 Å². The summed E-state index contributed by atoms with van der Waals surface area (Å²) in [5, 5.41) is 2.64. The van der Waals surface area contributed by atoms with E-state index in [1.165, 1.54) is 59.5 Å². The van der Waals surface area contributed by atoms with Gasteiger partial charge in [0, 0.05) is 26.1 Å². The maximum atomic E-state index is 2.32. The van der Waals surface area contributed by atoms with Crippen LogP contribution in [0.4, 0.5) is 0 Å². The molecule has 0 fully saturated rings. The molecule has 0 amide bonds. The first-order valence-corrected chi connectivity index (χ1v) is 13.7. The van der Waals surface area contributed by atoms with Crippen molar-refractivity contribution in [1.29, 1.82) is 0 Å². The highest BCUT2D eigenvalue weighted by Crippen LogP contribution is 2.49. The van der Waals surface area contributed by atoms with Crippen LogP contribution < -0.4 is 0 Å². The predicted octanol–water partition coefficient (Wildman–Crippen LogP) is 10.9. The number of hydrogen-bond donors (Lipinski definition) is 0. The standard InChI is InChI=1S/C36H30S/c1-36(2,3)32-20-12-19-29(27-15-8-5-9-16-27)33(32)35-31-18-11-10-17-30(31)34(37-35)28-23-21-26(22-24-28)25-13-6-4-7-14-25/h4-24H,1-3H3. The van der Waals surface area contributed by atoms with Crippen molar-refractivity contribution >= 4 is 22.1 Å². The van der Waals surface area contributed by atoms with Gasteiger partial charge in [0.25, 0.3) is 0 Å². The molecule has 180 valence electrons. The Morgan fingerprint density at radius 2 is 0.946 bits per heavy atom. The minimum absolute atomic E-state index is 0.0166. The van der Waals surface area contributed by atoms with E-state index in [9.17, 15) is 0 Å². The van der Waals surface area contributed by atoms with E-state index in [1.54, 1.807) is 0 Å². The van der Waals surface area contributed by atoms with Gasteiger partial charge in [-0.15, -0.1) is 11.3 Å². The molecule has 1 heterocycles. The van der Waals surface area contributed by atoms with E-state index in [1.807, 2.05) is 11.3 Å². The zero-order chi connectivity index (χ0) is 25.4. The average molecular weight is 495 g/mol. The lowest BCUT2D eigenvalue weighted by Gasteiger charge is -2.25. The van der Waals surface area contributed by atoms with Crippen LogP contribution in [0.1, 0.15) is 26.3 Å². The van der Waals surface area contributed by atoms with Crippen molar-refractivity contribution in [1.82, 2.24) is 0 Å². The summed E-state index contributed by atoms with van der Waals surface area (Å²) in [6.45, 7) is 6.96. The van der Waals surface area contributed by atoms with Crippen LogP contribution in [-0.2, 0) is 5.41 Å². The molecule has 0 aliphatic rings. The molecule has 6 rings (SSSR count). The third kappa shape index (κ3) is 4.41. The number of hydrogen-bond acceptors (Lipinski definition) is 1. The van der Waals surface area contributed by atoms with Gasteiger partial charge >= 0.3 is 0 Å². The molecule has 37 heavy (non-hydrogen) atoms. The summed E-state index contributed by atoms with van der Waals surface area (Å²) in [7, 11) is 0. The molecule has 0 N–H and O–H groups in total. The molecule has 1 aromatic heterocycles. The number of thiophene rings is 1. The Hall–Kier alpha value is -3.94. The van der Waals surface area contributed by atoms with Crippen molar-refractivity contribution in [2.75, 3.05) is 0 Å². The van der Waals surface area contributed by atoms with Crippen molar-refractivity contribution in [3.8, 4) is 43.1 Å². The molecule has 0 saturated carbocycles. The third-order valence-corrected chi connectivity index (χ3v) is 8.35. The van der Waals surface area contributed by atoms with Crippen LogP contribution in [0.15, 0.2) is 127 Å². The van der Waals surface area contributed by atoms with E-state index in [4.69, 9.17) is 0 Å². The van der Waals surface area contributed by atoms with Crippen molar-refractivity contribution in [2.24, 2.45) is 0 Å². The van der Waals surface area contributed by atoms with Gasteiger partial charge in [-0.2, -0.15) is 0 Å². The molecule has 0 aliphatic carbocycles. The largest absolute Gasteiger partial charge is 0.134 e. The van der Waals surface area contributed by atoms with Gasteiger partial charge in [0.15, 0.2) is 0 Å². The highest BCUT2D eigenvalue weighted by Gasteiger charge is 2.25. The lowest BCUT2D eigenvalue weighted by atomic mass is 9.80. The first kappa shape index (κ1) is 23.5. The van der Waals surface area contributed by atoms with Gasteiger partial charge in [-0.25, -0.2) is 0 Å². The second-order valence-corrected chi connectivity index (χ2v) is 11.6. The minimum atomic E-state index is 0.0166. The molecule has 0 unspecified atom stereocenters. The summed E-state index contributed by atoms with van der Waals surface area (Å²) in [5.74, 6) is 0. The second kappa shape index (κ2) is 9.50. The van der Waals surface area contributed by atoms with Gasteiger partial charge in [-0.3, -0.25) is 0 Å². The minimum Gasteiger partial charge on any atom is -0.134 e. The van der Waals surface area contributed by atoms with E-state index in [2.05, 4.69) is 148 Å². The summed E-state index contributed by atoms with van der Waals surface area (Å²) in [5.41, 5.74) is 9.07. The van der Waals surface area contributed by atoms with Crippen LogP contribution in [0.25, 0.3) is 53.9 Å². The van der Waals surface area contributed by atoms with Crippen LogP contribution in [0.5, 0.6) is 0 Å². The van der Waals surface area contributed by atoms with Gasteiger partial charge in [0.1, 0.15) is 0 Å². The maximum absolute atomic E-state index is 2.32. The summed E-state index contributed by atoms with van der Waals surface area (Å²) in [6, 6.07) is 46.2. The van der Waals surface area contributed by atoms with Crippen LogP contribution in [0.2, 0.25) is 0 Å². The monoisotopic (exact) mass is 494 g/mol. The number of benzene rings is 5. The van der Waals surface area contributed by atoms with E-state index in [0.717, 1.165) is 0 Å². The smallest absolute Gasteiger partial charge is 0.0437 e. The molecule has 0 radical (unpaired) electrons. The molecule has 0 saturated heterocycles. The van der Waals surface area contributed by atoms with Crippen molar-refractivity contribution < 1.29 is 0 Å². The Bertz CT molecular complexity index is 1670. The molecule has 0 bridgehead atoms. The first-order chi connectivity index (χ1) is 18.0. The average Bonchev–Trinajstić information content (AvgIpc) is 3.33. The highest BCUT2D eigenvalue weighted by atomic mass is 32.1. The van der Waals surface area contributed by atoms with Gasteiger partial charge in [0.05, 0.1) is 0 Å². The molecule has 1 heteroatoms. The first-order valence-electron chi connectivity index (χ1n) is 12.9. The van der Waals surface area contributed by atoms with Crippen molar-refractivity contribution in [2.45, 2.75) is 26.2 Å². The Balaban J connectivity index is 1.58. The van der Waals surface area contributed by atoms with E-state index in [0.29, 0.717) is 0 Å². The summed E-state index contributed by atoms with van der Waals surface area (Å²) in [6.07, 6.45) is 0. The fourth-order valence-electron chi connectivity index (χ4n) is 5.22. The van der Waals surface area contributed by atoms with E-state index in [-0.39, 0.29) is 5.41 Å². The number of fused-ring (bicyclic) bond motifs is 1. The highest BCUT2D eigenvalue weighted by molar-refractivity contribution is 7.21. The van der Waals surface area contributed by atoms with Gasteiger partial charge in [0.2, 0.25) is 0 Å². The molecule has 0 nitrogen and oxygen atoms in total. The van der Waals surface area contributed by atoms with Crippen LogP contribution in [0, 0.1) is 0 Å². The molecular weight excluding hydrogens is 464 g/mol. The summed E-state index contributed by atoms with van der Waals surface area (Å²) in [4.78, 5) is 2.68. The SMILES string of the molecule is CC(C)(C)c1cccc(-c2ccccc2)c1-c1sc(-c2ccc(-c3ccccc3)cc2)c2ccccc12. The van der Waals surface area contributed by atoms with Crippen molar-refractivity contribution in [3.63, 3.8) is 0 Å². The lowest BCUT2D eigenvalue weighted by Crippen LogP contribution is -2.13. The van der Waals surface area contributed by atoms with Gasteiger partial charge in [-0.1, -0.05) is 148 Å². The zero-order valence-electron chi connectivity index (χ0n) is 21.5. The lowest BCUT2D eigenvalue weighted by molar-refractivity contribution is 0.592. The van der Waals surface area contributed by atoms with Crippen LogP contribution in [0.3, 0.4) is 0 Å². The quantitative estimate of drug-likeness (QED) is 0.229. The van der Waals surface area contributed by atoms with E-state index < -0.39 is 0 Å². The van der Waals surface area contributed by atoms with E-state index >= 15 is 0 Å². The number of rotatable bonds is 4. The Kier molecular flexibility index (Phi) is 6.02. The van der Waals surface area contributed by atoms with Crippen molar-refractivity contribution in [3.05, 3.63) is 133 Å². The predicted molar refractivity (Wildman–Crippen MR) is 162 cm³/mol. The molecule has 5 aromatic carbocycles. The normalized spacial score (nSPS) is 11.6. The maximum Gasteiger partial charge on any atom is 0.0437 e. The summed E-state index contributed by atoms with van der Waals surface area (Å²) >= 11 is 1.92. The summed E-state index contributed by atoms with van der Waals surface area (Å²) < 4.78 is 0. The zero-order valence-corrected chi connectivity index (χ0v) is 22.3. The molecule has 6 aromatic rings. The van der Waals surface area contributed by atoms with Gasteiger partial charge < -0.3 is 0 Å².